The van der Waals surface area contributed by atoms with Crippen molar-refractivity contribution in [2.24, 2.45) is 0 Å². The molecule has 5 heteroatoms. The van der Waals surface area contributed by atoms with Gasteiger partial charge in [0.15, 0.2) is 0 Å². The maximum absolute atomic E-state index is 10.6. The van der Waals surface area contributed by atoms with Gasteiger partial charge in [-0.1, -0.05) is 0 Å². The van der Waals surface area contributed by atoms with Crippen LogP contribution in [-0.4, -0.2) is 21.3 Å². The molecule has 0 fully saturated rings. The van der Waals surface area contributed by atoms with Gasteiger partial charge in [0.1, 0.15) is 11.8 Å². The maximum atomic E-state index is 10.6. The van der Waals surface area contributed by atoms with Crippen LogP contribution in [0.3, 0.4) is 0 Å². The van der Waals surface area contributed by atoms with E-state index >= 15 is 0 Å². The number of nitriles is 1. The van der Waals surface area contributed by atoms with Crippen molar-refractivity contribution in [1.29, 1.82) is 5.26 Å². The predicted octanol–water partition coefficient (Wildman–Crippen LogP) is 1.66. The van der Waals surface area contributed by atoms with Crippen molar-refractivity contribution in [3.63, 3.8) is 0 Å². The van der Waals surface area contributed by atoms with Gasteiger partial charge in [-0.15, -0.1) is 11.8 Å². The molecule has 0 bridgehead atoms. The van der Waals surface area contributed by atoms with E-state index in [-0.39, 0.29) is 0 Å². The molecule has 0 aliphatic heterocycles. The number of carboxylic acid groups (broad SMARTS) is 1. The van der Waals surface area contributed by atoms with Crippen LogP contribution in [0.2, 0.25) is 0 Å². The summed E-state index contributed by atoms with van der Waals surface area (Å²) in [5.41, 5.74) is 1.27. The van der Waals surface area contributed by atoms with Gasteiger partial charge in [0.2, 0.25) is 0 Å². The molecule has 0 spiro atoms. The monoisotopic (exact) mass is 222 g/mol. The molecule has 0 radical (unpaired) electrons. The molecule has 4 nitrogen and oxygen atoms in total. The molecule has 1 heterocycles. The number of aliphatic carboxylic acids is 1. The van der Waals surface area contributed by atoms with Gasteiger partial charge in [-0.05, 0) is 24.6 Å². The molecule has 0 aromatic carbocycles. The Balaban J connectivity index is 2.58. The standard InChI is InChI=1S/C10H10N2O2S/c1-7(10(13)14)15-6-8-2-3-12-9(4-8)5-11/h2-4,7H,6H2,1H3,(H,13,14). The van der Waals surface area contributed by atoms with Crippen LogP contribution < -0.4 is 0 Å². The van der Waals surface area contributed by atoms with Gasteiger partial charge in [0.25, 0.3) is 0 Å². The van der Waals surface area contributed by atoms with E-state index in [9.17, 15) is 4.79 Å². The fourth-order valence-corrected chi connectivity index (χ4v) is 1.68. The van der Waals surface area contributed by atoms with Gasteiger partial charge in [-0.2, -0.15) is 5.26 Å². The Kier molecular flexibility index (Phi) is 4.13. The zero-order chi connectivity index (χ0) is 11.3. The summed E-state index contributed by atoms with van der Waals surface area (Å²) in [6.07, 6.45) is 1.56. The highest BCUT2D eigenvalue weighted by Gasteiger charge is 2.10. The normalized spacial score (nSPS) is 11.7. The lowest BCUT2D eigenvalue weighted by atomic mass is 10.2. The molecule has 1 aromatic heterocycles. The number of nitrogens with zero attached hydrogens (tertiary/aromatic N) is 2. The fraction of sp³-hybridized carbons (Fsp3) is 0.300. The summed E-state index contributed by atoms with van der Waals surface area (Å²) < 4.78 is 0. The molecule has 0 amide bonds. The molecule has 0 aliphatic rings. The van der Waals surface area contributed by atoms with Gasteiger partial charge in [0, 0.05) is 11.9 Å². The van der Waals surface area contributed by atoms with Crippen LogP contribution in [0.25, 0.3) is 0 Å². The van der Waals surface area contributed by atoms with Crippen LogP contribution in [0.15, 0.2) is 18.3 Å². The Morgan fingerprint density at radius 2 is 2.53 bits per heavy atom. The second-order valence-electron chi connectivity index (χ2n) is 2.95. The van der Waals surface area contributed by atoms with Crippen molar-refractivity contribution in [3.8, 4) is 6.07 Å². The van der Waals surface area contributed by atoms with Crippen molar-refractivity contribution < 1.29 is 9.90 Å². The molecule has 0 saturated carbocycles. The van der Waals surface area contributed by atoms with E-state index in [2.05, 4.69) is 4.98 Å². The molecular weight excluding hydrogens is 212 g/mol. The third kappa shape index (κ3) is 3.60. The first kappa shape index (κ1) is 11.5. The number of carbonyl (C=O) groups is 1. The summed E-state index contributed by atoms with van der Waals surface area (Å²) >= 11 is 1.32. The maximum Gasteiger partial charge on any atom is 0.316 e. The Morgan fingerprint density at radius 1 is 1.80 bits per heavy atom. The van der Waals surface area contributed by atoms with E-state index in [1.54, 1.807) is 25.3 Å². The average Bonchev–Trinajstić information content (AvgIpc) is 2.26. The quantitative estimate of drug-likeness (QED) is 0.838. The second-order valence-corrected chi connectivity index (χ2v) is 4.28. The SMILES string of the molecule is CC(SCc1ccnc(C#N)c1)C(=O)O. The van der Waals surface area contributed by atoms with E-state index in [1.165, 1.54) is 11.8 Å². The molecular formula is C10H10N2O2S. The van der Waals surface area contributed by atoms with Crippen molar-refractivity contribution in [2.45, 2.75) is 17.9 Å². The van der Waals surface area contributed by atoms with Gasteiger partial charge in [-0.3, -0.25) is 4.79 Å². The molecule has 1 N–H and O–H groups in total. The van der Waals surface area contributed by atoms with E-state index in [0.29, 0.717) is 11.4 Å². The Bertz CT molecular complexity index is 401. The van der Waals surface area contributed by atoms with E-state index in [1.807, 2.05) is 6.07 Å². The minimum Gasteiger partial charge on any atom is -0.480 e. The highest BCUT2D eigenvalue weighted by atomic mass is 32.2. The summed E-state index contributed by atoms with van der Waals surface area (Å²) in [6, 6.07) is 5.39. The minimum absolute atomic E-state index is 0.357. The smallest absolute Gasteiger partial charge is 0.316 e. The van der Waals surface area contributed by atoms with Crippen LogP contribution in [0.4, 0.5) is 0 Å². The van der Waals surface area contributed by atoms with Crippen molar-refractivity contribution in [2.75, 3.05) is 0 Å². The third-order valence-electron chi connectivity index (χ3n) is 1.79. The molecule has 1 unspecified atom stereocenters. The average molecular weight is 222 g/mol. The summed E-state index contributed by atoms with van der Waals surface area (Å²) in [6.45, 7) is 1.64. The lowest BCUT2D eigenvalue weighted by Gasteiger charge is -2.05. The highest BCUT2D eigenvalue weighted by molar-refractivity contribution is 7.99. The van der Waals surface area contributed by atoms with Gasteiger partial charge >= 0.3 is 5.97 Å². The first-order valence-corrected chi connectivity index (χ1v) is 5.38. The topological polar surface area (TPSA) is 74.0 Å². The Hall–Kier alpha value is -1.54. The van der Waals surface area contributed by atoms with Crippen LogP contribution in [0.1, 0.15) is 18.2 Å². The number of thioether (sulfide) groups is 1. The molecule has 78 valence electrons. The number of carboxylic acids is 1. The van der Waals surface area contributed by atoms with Crippen molar-refractivity contribution >= 4 is 17.7 Å². The van der Waals surface area contributed by atoms with Crippen molar-refractivity contribution in [3.05, 3.63) is 29.6 Å². The molecule has 0 saturated heterocycles. The van der Waals surface area contributed by atoms with E-state index < -0.39 is 11.2 Å². The summed E-state index contributed by atoms with van der Waals surface area (Å²) in [4.78, 5) is 14.4. The predicted molar refractivity (Wildman–Crippen MR) is 57.3 cm³/mol. The van der Waals surface area contributed by atoms with Crippen molar-refractivity contribution in [1.82, 2.24) is 4.98 Å². The van der Waals surface area contributed by atoms with Crippen LogP contribution in [-0.2, 0) is 10.5 Å². The fourth-order valence-electron chi connectivity index (χ4n) is 0.918. The molecule has 1 atom stereocenters. The molecule has 0 aliphatic carbocycles. The number of hydrogen-bond acceptors (Lipinski definition) is 4. The summed E-state index contributed by atoms with van der Waals surface area (Å²) in [7, 11) is 0. The number of pyridine rings is 1. The zero-order valence-electron chi connectivity index (χ0n) is 8.17. The zero-order valence-corrected chi connectivity index (χ0v) is 8.99. The Morgan fingerprint density at radius 3 is 3.13 bits per heavy atom. The molecule has 15 heavy (non-hydrogen) atoms. The van der Waals surface area contributed by atoms with Gasteiger partial charge in [0.05, 0.1) is 5.25 Å². The first-order valence-electron chi connectivity index (χ1n) is 4.33. The number of rotatable bonds is 4. The first-order chi connectivity index (χ1) is 7.13. The van der Waals surface area contributed by atoms with Crippen LogP contribution in [0, 0.1) is 11.3 Å². The molecule has 1 aromatic rings. The second kappa shape index (κ2) is 5.37. The van der Waals surface area contributed by atoms with Gasteiger partial charge in [-0.25, -0.2) is 4.98 Å². The van der Waals surface area contributed by atoms with Crippen LogP contribution >= 0.6 is 11.8 Å². The van der Waals surface area contributed by atoms with Crippen LogP contribution in [0.5, 0.6) is 0 Å². The molecule has 1 rings (SSSR count). The van der Waals surface area contributed by atoms with E-state index in [0.717, 1.165) is 5.56 Å². The number of hydrogen-bond donors (Lipinski definition) is 1. The summed E-state index contributed by atoms with van der Waals surface area (Å²) in [5.74, 6) is -0.250. The lowest BCUT2D eigenvalue weighted by Crippen LogP contribution is -2.11. The lowest BCUT2D eigenvalue weighted by molar-refractivity contribution is -0.136. The van der Waals surface area contributed by atoms with Gasteiger partial charge < -0.3 is 5.11 Å². The third-order valence-corrected chi connectivity index (χ3v) is 2.99. The number of aromatic nitrogens is 1. The van der Waals surface area contributed by atoms with E-state index in [4.69, 9.17) is 10.4 Å². The Labute approximate surface area is 91.9 Å². The minimum atomic E-state index is -0.824. The largest absolute Gasteiger partial charge is 0.480 e. The highest BCUT2D eigenvalue weighted by Crippen LogP contribution is 2.17. The summed E-state index contributed by atoms with van der Waals surface area (Å²) in [5, 5.41) is 16.8.